The van der Waals surface area contributed by atoms with Crippen molar-refractivity contribution in [3.8, 4) is 0 Å². The molecule has 0 aromatic carbocycles. The second-order valence-corrected chi connectivity index (χ2v) is 4.22. The van der Waals surface area contributed by atoms with Crippen molar-refractivity contribution in [1.82, 2.24) is 20.0 Å². The van der Waals surface area contributed by atoms with Crippen LogP contribution in [0, 0.1) is 6.92 Å². The molecule has 0 saturated heterocycles. The smallest absolute Gasteiger partial charge is 0.268 e. The van der Waals surface area contributed by atoms with Crippen LogP contribution in [0.1, 0.15) is 29.3 Å². The summed E-state index contributed by atoms with van der Waals surface area (Å²) in [5, 5.41) is 9.32. The van der Waals surface area contributed by atoms with E-state index in [2.05, 4.69) is 15.3 Å². The maximum atomic E-state index is 11.8. The van der Waals surface area contributed by atoms with Crippen molar-refractivity contribution in [1.29, 1.82) is 0 Å². The van der Waals surface area contributed by atoms with Gasteiger partial charge in [-0.15, -0.1) is 0 Å². The van der Waals surface area contributed by atoms with Crippen LogP contribution in [0.15, 0.2) is 17.1 Å². The van der Waals surface area contributed by atoms with Crippen molar-refractivity contribution in [3.63, 3.8) is 0 Å². The number of rotatable bonds is 4. The molecule has 0 aliphatic rings. The van der Waals surface area contributed by atoms with Gasteiger partial charge in [0.05, 0.1) is 0 Å². The number of hydrogen-bond acceptors (Lipinski definition) is 3. The van der Waals surface area contributed by atoms with E-state index in [4.69, 9.17) is 5.73 Å². The molecule has 1 amide bonds. The first-order valence-electron chi connectivity index (χ1n) is 5.54. The van der Waals surface area contributed by atoms with Gasteiger partial charge in [0.2, 0.25) is 5.91 Å². The molecular formula is C11H15N5O2. The number of primary amides is 1. The van der Waals surface area contributed by atoms with E-state index in [1.165, 1.54) is 0 Å². The second kappa shape index (κ2) is 4.52. The van der Waals surface area contributed by atoms with Crippen LogP contribution in [-0.2, 0) is 11.8 Å². The second-order valence-electron chi connectivity index (χ2n) is 4.22. The molecule has 96 valence electrons. The maximum absolute atomic E-state index is 11.8. The number of nitrogens with two attached hydrogens (primary N) is 1. The number of carbonyl (C=O) groups is 1. The molecule has 0 spiro atoms. The standard InChI is InChI=1S/C11H15N5O2/c1-6-10(11(18)15-14-6)7(5-9(12)17)8-3-4-13-16(8)2/h3-4,7H,5H2,1-2H3,(H2,12,17)(H2,14,15,18). The van der Waals surface area contributed by atoms with E-state index in [-0.39, 0.29) is 17.9 Å². The van der Waals surface area contributed by atoms with Gasteiger partial charge < -0.3 is 10.8 Å². The van der Waals surface area contributed by atoms with Crippen molar-refractivity contribution < 1.29 is 4.79 Å². The molecule has 4 N–H and O–H groups in total. The molecule has 2 heterocycles. The van der Waals surface area contributed by atoms with Crippen molar-refractivity contribution in [3.05, 3.63) is 39.6 Å². The first-order valence-corrected chi connectivity index (χ1v) is 5.54. The van der Waals surface area contributed by atoms with Crippen LogP contribution < -0.4 is 11.3 Å². The summed E-state index contributed by atoms with van der Waals surface area (Å²) in [5.41, 5.74) is 7.03. The van der Waals surface area contributed by atoms with Gasteiger partial charge in [0, 0.05) is 42.5 Å². The van der Waals surface area contributed by atoms with E-state index in [0.29, 0.717) is 11.3 Å². The number of hydrogen-bond donors (Lipinski definition) is 3. The van der Waals surface area contributed by atoms with Gasteiger partial charge in [0.25, 0.3) is 5.56 Å². The molecule has 1 unspecified atom stereocenters. The molecular weight excluding hydrogens is 234 g/mol. The fourth-order valence-corrected chi connectivity index (χ4v) is 2.16. The average molecular weight is 249 g/mol. The number of nitrogens with zero attached hydrogens (tertiary/aromatic N) is 2. The Labute approximate surface area is 103 Å². The Hall–Kier alpha value is -2.31. The van der Waals surface area contributed by atoms with Crippen LogP contribution in [0.25, 0.3) is 0 Å². The highest BCUT2D eigenvalue weighted by atomic mass is 16.1. The van der Waals surface area contributed by atoms with Crippen LogP contribution in [0.3, 0.4) is 0 Å². The largest absolute Gasteiger partial charge is 0.370 e. The Bertz CT molecular complexity index is 621. The zero-order valence-electron chi connectivity index (χ0n) is 10.2. The van der Waals surface area contributed by atoms with Gasteiger partial charge in [0.1, 0.15) is 0 Å². The van der Waals surface area contributed by atoms with Crippen LogP contribution in [-0.4, -0.2) is 25.9 Å². The lowest BCUT2D eigenvalue weighted by atomic mass is 9.92. The molecule has 0 aliphatic carbocycles. The molecule has 1 atom stereocenters. The molecule has 0 saturated carbocycles. The Morgan fingerprint density at radius 3 is 2.72 bits per heavy atom. The Morgan fingerprint density at radius 2 is 2.28 bits per heavy atom. The van der Waals surface area contributed by atoms with E-state index in [1.807, 2.05) is 0 Å². The molecule has 0 bridgehead atoms. The third-order valence-corrected chi connectivity index (χ3v) is 2.98. The van der Waals surface area contributed by atoms with E-state index in [0.717, 1.165) is 5.69 Å². The summed E-state index contributed by atoms with van der Waals surface area (Å²) >= 11 is 0. The van der Waals surface area contributed by atoms with Gasteiger partial charge in [0.15, 0.2) is 0 Å². The topological polar surface area (TPSA) is 110 Å². The molecule has 0 radical (unpaired) electrons. The monoisotopic (exact) mass is 249 g/mol. The molecule has 7 heteroatoms. The van der Waals surface area contributed by atoms with Crippen molar-refractivity contribution in [2.24, 2.45) is 12.8 Å². The number of nitrogens with one attached hydrogen (secondary N) is 2. The van der Waals surface area contributed by atoms with E-state index >= 15 is 0 Å². The lowest BCUT2D eigenvalue weighted by Gasteiger charge is -2.14. The number of amides is 1. The minimum absolute atomic E-state index is 0.0707. The van der Waals surface area contributed by atoms with E-state index in [1.54, 1.807) is 30.9 Å². The normalized spacial score (nSPS) is 12.6. The van der Waals surface area contributed by atoms with Crippen molar-refractivity contribution >= 4 is 5.91 Å². The highest BCUT2D eigenvalue weighted by molar-refractivity contribution is 5.75. The Balaban J connectivity index is 2.54. The number of aromatic amines is 2. The maximum Gasteiger partial charge on any atom is 0.268 e. The lowest BCUT2D eigenvalue weighted by molar-refractivity contribution is -0.118. The number of aryl methyl sites for hydroxylation is 2. The summed E-state index contributed by atoms with van der Waals surface area (Å²) in [6, 6.07) is 1.78. The quantitative estimate of drug-likeness (QED) is 0.695. The summed E-state index contributed by atoms with van der Waals surface area (Å²) < 4.78 is 1.64. The molecule has 7 nitrogen and oxygen atoms in total. The summed E-state index contributed by atoms with van der Waals surface area (Å²) in [5.74, 6) is -0.841. The molecule has 2 aromatic rings. The zero-order valence-corrected chi connectivity index (χ0v) is 10.2. The van der Waals surface area contributed by atoms with Gasteiger partial charge >= 0.3 is 0 Å². The van der Waals surface area contributed by atoms with Gasteiger partial charge in [-0.1, -0.05) is 0 Å². The van der Waals surface area contributed by atoms with Gasteiger partial charge in [-0.05, 0) is 13.0 Å². The summed E-state index contributed by atoms with van der Waals surface area (Å²) in [6.45, 7) is 1.78. The van der Waals surface area contributed by atoms with Crippen molar-refractivity contribution in [2.75, 3.05) is 0 Å². The fourth-order valence-electron chi connectivity index (χ4n) is 2.16. The van der Waals surface area contributed by atoms with Crippen LogP contribution in [0.4, 0.5) is 0 Å². The van der Waals surface area contributed by atoms with E-state index < -0.39 is 5.91 Å². The Morgan fingerprint density at radius 1 is 1.56 bits per heavy atom. The third kappa shape index (κ3) is 2.06. The lowest BCUT2D eigenvalue weighted by Crippen LogP contribution is -2.22. The van der Waals surface area contributed by atoms with Crippen LogP contribution in [0.5, 0.6) is 0 Å². The summed E-state index contributed by atoms with van der Waals surface area (Å²) in [4.78, 5) is 23.0. The number of aromatic nitrogens is 4. The molecule has 0 aliphatic heterocycles. The number of H-pyrrole nitrogens is 2. The summed E-state index contributed by atoms with van der Waals surface area (Å²) in [7, 11) is 1.76. The molecule has 2 aromatic heterocycles. The third-order valence-electron chi connectivity index (χ3n) is 2.98. The zero-order chi connectivity index (χ0) is 13.3. The fraction of sp³-hybridized carbons (Fsp3) is 0.364. The highest BCUT2D eigenvalue weighted by Crippen LogP contribution is 2.26. The first-order chi connectivity index (χ1) is 8.50. The SMILES string of the molecule is Cc1[nH][nH]c(=O)c1C(CC(N)=O)c1ccnn1C. The predicted molar refractivity (Wildman–Crippen MR) is 65.0 cm³/mol. The van der Waals surface area contributed by atoms with E-state index in [9.17, 15) is 9.59 Å². The van der Waals surface area contributed by atoms with Crippen molar-refractivity contribution in [2.45, 2.75) is 19.3 Å². The minimum Gasteiger partial charge on any atom is -0.370 e. The molecule has 0 fully saturated rings. The Kier molecular flexibility index (Phi) is 3.05. The van der Waals surface area contributed by atoms with Crippen LogP contribution in [0.2, 0.25) is 0 Å². The molecule has 2 rings (SSSR count). The highest BCUT2D eigenvalue weighted by Gasteiger charge is 2.25. The number of carbonyl (C=O) groups excluding carboxylic acids is 1. The average Bonchev–Trinajstić information content (AvgIpc) is 2.83. The van der Waals surface area contributed by atoms with Crippen LogP contribution >= 0.6 is 0 Å². The van der Waals surface area contributed by atoms with Gasteiger partial charge in [-0.2, -0.15) is 5.10 Å². The first kappa shape index (κ1) is 12.2. The predicted octanol–water partition coefficient (Wildman–Crippen LogP) is -0.248. The van der Waals surface area contributed by atoms with Gasteiger partial charge in [-0.3, -0.25) is 19.4 Å². The summed E-state index contributed by atoms with van der Waals surface area (Å²) in [6.07, 6.45) is 1.70. The minimum atomic E-state index is -0.457. The molecule has 18 heavy (non-hydrogen) atoms. The van der Waals surface area contributed by atoms with Gasteiger partial charge in [-0.25, -0.2) is 0 Å².